The molecule has 1 saturated heterocycles. The van der Waals surface area contributed by atoms with Gasteiger partial charge in [0.25, 0.3) is 0 Å². The lowest BCUT2D eigenvalue weighted by atomic mass is 10.3. The number of aliphatic hydroxyl groups is 1. The fourth-order valence-electron chi connectivity index (χ4n) is 2.98. The number of imidazole rings is 1. The molecule has 0 bridgehead atoms. The number of hydrogen-bond donors (Lipinski definition) is 1. The summed E-state index contributed by atoms with van der Waals surface area (Å²) in [5, 5.41) is 12.3. The quantitative estimate of drug-likeness (QED) is 0.666. The Morgan fingerprint density at radius 2 is 2.15 bits per heavy atom. The number of ether oxygens (including phenoxy) is 2. The van der Waals surface area contributed by atoms with Gasteiger partial charge in [-0.2, -0.15) is 0 Å². The minimum atomic E-state index is -0.630. The molecule has 1 aliphatic heterocycles. The number of hydrogen-bond acceptors (Lipinski definition) is 8. The molecule has 0 unspecified atom stereocenters. The molecule has 0 aliphatic carbocycles. The van der Waals surface area contributed by atoms with E-state index >= 15 is 0 Å². The van der Waals surface area contributed by atoms with Gasteiger partial charge in [0, 0.05) is 18.0 Å². The summed E-state index contributed by atoms with van der Waals surface area (Å²) < 4.78 is 12.8. The van der Waals surface area contributed by atoms with Crippen molar-refractivity contribution >= 4 is 28.3 Å². The van der Waals surface area contributed by atoms with E-state index in [9.17, 15) is 5.11 Å². The van der Waals surface area contributed by atoms with E-state index in [1.165, 1.54) is 0 Å². The van der Waals surface area contributed by atoms with Crippen molar-refractivity contribution < 1.29 is 14.6 Å². The largest absolute Gasteiger partial charge is 0.389 e. The number of aromatic nitrogens is 4. The van der Waals surface area contributed by atoms with Crippen molar-refractivity contribution in [1.82, 2.24) is 19.5 Å². The fourth-order valence-corrected chi connectivity index (χ4v) is 3.62. The molecule has 9 heteroatoms. The minimum absolute atomic E-state index is 0.263. The van der Waals surface area contributed by atoms with E-state index in [0.717, 1.165) is 34.9 Å². The van der Waals surface area contributed by atoms with Gasteiger partial charge in [0.15, 0.2) is 17.0 Å². The molecule has 0 radical (unpaired) electrons. The molecular formula is C17H21N5O3S. The van der Waals surface area contributed by atoms with Crippen LogP contribution >= 0.6 is 11.3 Å². The van der Waals surface area contributed by atoms with E-state index in [2.05, 4.69) is 19.9 Å². The Bertz CT molecular complexity index is 832. The van der Waals surface area contributed by atoms with Crippen LogP contribution in [0.2, 0.25) is 0 Å². The predicted molar refractivity (Wildman–Crippen MR) is 98.3 cm³/mol. The molecule has 1 aliphatic rings. The van der Waals surface area contributed by atoms with Crippen molar-refractivity contribution in [1.29, 1.82) is 0 Å². The summed E-state index contributed by atoms with van der Waals surface area (Å²) in [6, 6.07) is 4.01. The second-order valence-corrected chi connectivity index (χ2v) is 7.15. The van der Waals surface area contributed by atoms with E-state index in [1.54, 1.807) is 24.0 Å². The molecule has 1 fully saturated rings. The monoisotopic (exact) mass is 375 g/mol. The maximum absolute atomic E-state index is 10.3. The molecule has 3 aromatic heterocycles. The number of aliphatic hydroxyl groups excluding tert-OH is 1. The highest BCUT2D eigenvalue weighted by molar-refractivity contribution is 7.09. The Morgan fingerprint density at radius 3 is 2.96 bits per heavy atom. The van der Waals surface area contributed by atoms with E-state index in [1.807, 2.05) is 22.1 Å². The van der Waals surface area contributed by atoms with Gasteiger partial charge < -0.3 is 24.0 Å². The Kier molecular flexibility index (Phi) is 5.40. The predicted octanol–water partition coefficient (Wildman–Crippen LogP) is 1.30. The Hall–Kier alpha value is -2.07. The molecule has 0 aromatic carbocycles. The lowest BCUT2D eigenvalue weighted by Crippen LogP contribution is -2.37. The van der Waals surface area contributed by atoms with Crippen molar-refractivity contribution in [3.8, 4) is 0 Å². The average Bonchev–Trinajstić information content (AvgIpc) is 3.33. The van der Waals surface area contributed by atoms with Crippen LogP contribution in [0.5, 0.6) is 0 Å². The highest BCUT2D eigenvalue weighted by Gasteiger charge is 2.19. The molecule has 0 saturated carbocycles. The molecule has 3 aromatic rings. The first-order chi connectivity index (χ1) is 12.8. The number of thiophene rings is 1. The standard InChI is InChI=1S/C17H21N5O3S/c23-13(9-25-10-14-2-1-7-26-14)8-22-12-20-15-16(18-11-19-17(15)22)21-3-5-24-6-4-21/h1-2,7,11-13,23H,3-6,8-10H2/t13-/m0/s1. The van der Waals surface area contributed by atoms with Crippen LogP contribution in [0.15, 0.2) is 30.2 Å². The highest BCUT2D eigenvalue weighted by Crippen LogP contribution is 2.22. The number of anilines is 1. The van der Waals surface area contributed by atoms with Crippen molar-refractivity contribution in [2.45, 2.75) is 19.3 Å². The summed E-state index contributed by atoms with van der Waals surface area (Å²) in [7, 11) is 0. The molecular weight excluding hydrogens is 354 g/mol. The minimum Gasteiger partial charge on any atom is -0.389 e. The third kappa shape index (κ3) is 3.85. The summed E-state index contributed by atoms with van der Waals surface area (Å²) in [4.78, 5) is 16.5. The molecule has 1 N–H and O–H groups in total. The summed E-state index contributed by atoms with van der Waals surface area (Å²) in [6.45, 7) is 4.11. The third-order valence-electron chi connectivity index (χ3n) is 4.23. The Balaban J connectivity index is 1.41. The first kappa shape index (κ1) is 17.3. The summed E-state index contributed by atoms with van der Waals surface area (Å²) >= 11 is 1.64. The summed E-state index contributed by atoms with van der Waals surface area (Å²) in [6.07, 6.45) is 2.62. The molecule has 8 nitrogen and oxygen atoms in total. The maximum Gasteiger partial charge on any atom is 0.165 e. The summed E-state index contributed by atoms with van der Waals surface area (Å²) in [5.41, 5.74) is 1.47. The second kappa shape index (κ2) is 8.09. The third-order valence-corrected chi connectivity index (χ3v) is 5.08. The lowest BCUT2D eigenvalue weighted by molar-refractivity contribution is 0.0217. The van der Waals surface area contributed by atoms with Gasteiger partial charge in [0.1, 0.15) is 6.33 Å². The van der Waals surface area contributed by atoms with E-state index in [4.69, 9.17) is 9.47 Å². The number of fused-ring (bicyclic) bond motifs is 1. The van der Waals surface area contributed by atoms with Gasteiger partial charge in [-0.3, -0.25) is 0 Å². The Labute approximate surface area is 155 Å². The van der Waals surface area contributed by atoms with Gasteiger partial charge in [0.2, 0.25) is 0 Å². The van der Waals surface area contributed by atoms with Crippen molar-refractivity contribution in [2.24, 2.45) is 0 Å². The zero-order valence-electron chi connectivity index (χ0n) is 14.3. The first-order valence-corrected chi connectivity index (χ1v) is 9.46. The van der Waals surface area contributed by atoms with Crippen LogP contribution in [0.3, 0.4) is 0 Å². The number of rotatable bonds is 7. The van der Waals surface area contributed by atoms with Crippen LogP contribution in [-0.2, 0) is 22.6 Å². The van der Waals surface area contributed by atoms with Crippen molar-refractivity contribution in [3.63, 3.8) is 0 Å². The van der Waals surface area contributed by atoms with Crippen molar-refractivity contribution in [3.05, 3.63) is 35.0 Å². The molecule has 26 heavy (non-hydrogen) atoms. The van der Waals surface area contributed by atoms with Crippen LogP contribution in [0.4, 0.5) is 5.82 Å². The van der Waals surface area contributed by atoms with Gasteiger partial charge in [0.05, 0.1) is 45.4 Å². The SMILES string of the molecule is O[C@H](COCc1cccs1)Cn1cnc2c(N3CCOCC3)ncnc21. The van der Waals surface area contributed by atoms with E-state index < -0.39 is 6.10 Å². The van der Waals surface area contributed by atoms with E-state index in [-0.39, 0.29) is 6.61 Å². The van der Waals surface area contributed by atoms with Crippen LogP contribution in [0.25, 0.3) is 11.2 Å². The lowest BCUT2D eigenvalue weighted by Gasteiger charge is -2.27. The normalized spacial score (nSPS) is 16.3. The maximum atomic E-state index is 10.3. The van der Waals surface area contributed by atoms with Gasteiger partial charge in [-0.1, -0.05) is 6.07 Å². The molecule has 4 rings (SSSR count). The average molecular weight is 375 g/mol. The van der Waals surface area contributed by atoms with Crippen LogP contribution in [0, 0.1) is 0 Å². The van der Waals surface area contributed by atoms with Crippen LogP contribution in [-0.4, -0.2) is 63.6 Å². The fraction of sp³-hybridized carbons (Fsp3) is 0.471. The van der Waals surface area contributed by atoms with Gasteiger partial charge >= 0.3 is 0 Å². The summed E-state index contributed by atoms with van der Waals surface area (Å²) in [5.74, 6) is 0.820. The second-order valence-electron chi connectivity index (χ2n) is 6.11. The molecule has 1 atom stereocenters. The smallest absolute Gasteiger partial charge is 0.165 e. The number of morpholine rings is 1. The zero-order valence-corrected chi connectivity index (χ0v) is 15.1. The van der Waals surface area contributed by atoms with Gasteiger partial charge in [-0.25, -0.2) is 15.0 Å². The molecule has 4 heterocycles. The number of nitrogens with zero attached hydrogens (tertiary/aromatic N) is 5. The highest BCUT2D eigenvalue weighted by atomic mass is 32.1. The molecule has 0 spiro atoms. The zero-order chi connectivity index (χ0) is 17.8. The first-order valence-electron chi connectivity index (χ1n) is 8.58. The molecule has 0 amide bonds. The van der Waals surface area contributed by atoms with Gasteiger partial charge in [-0.15, -0.1) is 11.3 Å². The Morgan fingerprint density at radius 1 is 1.27 bits per heavy atom. The van der Waals surface area contributed by atoms with Crippen LogP contribution in [0.1, 0.15) is 4.88 Å². The van der Waals surface area contributed by atoms with E-state index in [0.29, 0.717) is 26.4 Å². The molecule has 138 valence electrons. The van der Waals surface area contributed by atoms with Gasteiger partial charge in [-0.05, 0) is 11.4 Å². The topological polar surface area (TPSA) is 85.5 Å². The van der Waals surface area contributed by atoms with Crippen LogP contribution < -0.4 is 4.90 Å². The van der Waals surface area contributed by atoms with Crippen molar-refractivity contribution in [2.75, 3.05) is 37.8 Å².